The number of nitrogens with one attached hydrogen (secondary N) is 1. The van der Waals surface area contributed by atoms with E-state index in [2.05, 4.69) is 10.3 Å². The molecule has 0 aliphatic carbocycles. The Morgan fingerprint density at radius 3 is 2.55 bits per heavy atom. The van der Waals surface area contributed by atoms with Gasteiger partial charge >= 0.3 is 0 Å². The van der Waals surface area contributed by atoms with E-state index in [4.69, 9.17) is 0 Å². The fourth-order valence-corrected chi connectivity index (χ4v) is 3.11. The SMILES string of the molecule is O=C(CCc1ccccc1)Nc1ccc(-c2ccncc2)s1. The predicted octanol–water partition coefficient (Wildman–Crippen LogP) is 4.38. The van der Waals surface area contributed by atoms with Crippen molar-refractivity contribution in [2.75, 3.05) is 5.32 Å². The summed E-state index contributed by atoms with van der Waals surface area (Å²) in [5, 5.41) is 3.85. The summed E-state index contributed by atoms with van der Waals surface area (Å²) in [5.74, 6) is 0.0481. The summed E-state index contributed by atoms with van der Waals surface area (Å²) in [5.41, 5.74) is 2.30. The van der Waals surface area contributed by atoms with Gasteiger partial charge < -0.3 is 5.32 Å². The molecule has 0 saturated heterocycles. The summed E-state index contributed by atoms with van der Waals surface area (Å²) in [6.07, 6.45) is 4.79. The number of amides is 1. The maximum Gasteiger partial charge on any atom is 0.225 e. The first-order valence-corrected chi connectivity index (χ1v) is 7.97. The van der Waals surface area contributed by atoms with Gasteiger partial charge in [-0.3, -0.25) is 9.78 Å². The number of rotatable bonds is 5. The van der Waals surface area contributed by atoms with Crippen LogP contribution in [0, 0.1) is 0 Å². The van der Waals surface area contributed by atoms with Gasteiger partial charge in [0.25, 0.3) is 0 Å². The number of hydrogen-bond acceptors (Lipinski definition) is 3. The molecule has 0 aliphatic heterocycles. The summed E-state index contributed by atoms with van der Waals surface area (Å²) in [6, 6.07) is 17.9. The van der Waals surface area contributed by atoms with Gasteiger partial charge in [0.15, 0.2) is 0 Å². The molecule has 3 rings (SSSR count). The number of nitrogens with zero attached hydrogens (tertiary/aromatic N) is 1. The minimum Gasteiger partial charge on any atom is -0.318 e. The van der Waals surface area contributed by atoms with E-state index < -0.39 is 0 Å². The van der Waals surface area contributed by atoms with Crippen molar-refractivity contribution in [3.8, 4) is 10.4 Å². The van der Waals surface area contributed by atoms with Gasteiger partial charge in [0.2, 0.25) is 5.91 Å². The summed E-state index contributed by atoms with van der Waals surface area (Å²) >= 11 is 1.58. The van der Waals surface area contributed by atoms with Gasteiger partial charge in [-0.2, -0.15) is 0 Å². The van der Waals surface area contributed by atoms with Crippen molar-refractivity contribution in [3.63, 3.8) is 0 Å². The molecule has 110 valence electrons. The zero-order valence-corrected chi connectivity index (χ0v) is 12.8. The van der Waals surface area contributed by atoms with Crippen LogP contribution in [0.3, 0.4) is 0 Å². The Kier molecular flexibility index (Phi) is 4.61. The molecule has 2 aromatic heterocycles. The number of carbonyl (C=O) groups excluding carboxylic acids is 1. The van der Waals surface area contributed by atoms with E-state index in [0.29, 0.717) is 6.42 Å². The third kappa shape index (κ3) is 3.80. The lowest BCUT2D eigenvalue weighted by Gasteiger charge is -2.03. The largest absolute Gasteiger partial charge is 0.318 e. The molecule has 3 aromatic rings. The number of carbonyl (C=O) groups is 1. The molecule has 0 atom stereocenters. The predicted molar refractivity (Wildman–Crippen MR) is 90.9 cm³/mol. The highest BCUT2D eigenvalue weighted by Crippen LogP contribution is 2.30. The van der Waals surface area contributed by atoms with Crippen LogP contribution in [0.1, 0.15) is 12.0 Å². The average molecular weight is 308 g/mol. The monoisotopic (exact) mass is 308 g/mol. The van der Waals surface area contributed by atoms with Crippen LogP contribution in [0.5, 0.6) is 0 Å². The molecule has 22 heavy (non-hydrogen) atoms. The van der Waals surface area contributed by atoms with E-state index in [-0.39, 0.29) is 5.91 Å². The summed E-state index contributed by atoms with van der Waals surface area (Å²) < 4.78 is 0. The number of hydrogen-bond donors (Lipinski definition) is 1. The number of benzene rings is 1. The second kappa shape index (κ2) is 7.00. The lowest BCUT2D eigenvalue weighted by molar-refractivity contribution is -0.116. The molecule has 4 heteroatoms. The summed E-state index contributed by atoms with van der Waals surface area (Å²) in [4.78, 5) is 17.2. The lowest BCUT2D eigenvalue weighted by atomic mass is 10.1. The zero-order valence-electron chi connectivity index (χ0n) is 12.0. The molecule has 0 bridgehead atoms. The Hall–Kier alpha value is -2.46. The molecule has 3 nitrogen and oxygen atoms in total. The van der Waals surface area contributed by atoms with Crippen LogP contribution in [0.25, 0.3) is 10.4 Å². The molecule has 0 spiro atoms. The second-order valence-corrected chi connectivity index (χ2v) is 6.02. The standard InChI is InChI=1S/C18H16N2OS/c21-17(8-6-14-4-2-1-3-5-14)20-18-9-7-16(22-18)15-10-12-19-13-11-15/h1-5,7,9-13H,6,8H2,(H,20,21). The third-order valence-electron chi connectivity index (χ3n) is 3.32. The molecule has 0 unspecified atom stereocenters. The number of thiophene rings is 1. The first-order valence-electron chi connectivity index (χ1n) is 7.15. The van der Waals surface area contributed by atoms with Crippen molar-refractivity contribution in [1.29, 1.82) is 0 Å². The Labute approximate surface area is 133 Å². The van der Waals surface area contributed by atoms with Crippen molar-refractivity contribution in [3.05, 3.63) is 72.6 Å². The van der Waals surface area contributed by atoms with Crippen LogP contribution in [-0.2, 0) is 11.2 Å². The maximum absolute atomic E-state index is 12.0. The topological polar surface area (TPSA) is 42.0 Å². The van der Waals surface area contributed by atoms with Crippen molar-refractivity contribution >= 4 is 22.2 Å². The third-order valence-corrected chi connectivity index (χ3v) is 4.37. The first kappa shape index (κ1) is 14.5. The molecule has 1 N–H and O–H groups in total. The molecule has 0 aliphatic rings. The van der Waals surface area contributed by atoms with E-state index in [1.54, 1.807) is 23.7 Å². The van der Waals surface area contributed by atoms with Crippen LogP contribution < -0.4 is 5.32 Å². The van der Waals surface area contributed by atoms with E-state index >= 15 is 0 Å². The van der Waals surface area contributed by atoms with Gasteiger partial charge in [0.05, 0.1) is 5.00 Å². The Balaban J connectivity index is 1.57. The van der Waals surface area contributed by atoms with Crippen LogP contribution in [0.4, 0.5) is 5.00 Å². The molecule has 1 aromatic carbocycles. The Morgan fingerprint density at radius 1 is 1.00 bits per heavy atom. The molecular weight excluding hydrogens is 292 g/mol. The highest BCUT2D eigenvalue weighted by Gasteiger charge is 2.07. The van der Waals surface area contributed by atoms with Crippen molar-refractivity contribution in [1.82, 2.24) is 4.98 Å². The molecule has 0 radical (unpaired) electrons. The van der Waals surface area contributed by atoms with E-state index in [0.717, 1.165) is 21.9 Å². The van der Waals surface area contributed by atoms with Gasteiger partial charge in [0, 0.05) is 23.7 Å². The first-order chi connectivity index (χ1) is 10.8. The van der Waals surface area contributed by atoms with Gasteiger partial charge in [-0.15, -0.1) is 11.3 Å². The highest BCUT2D eigenvalue weighted by molar-refractivity contribution is 7.19. The fraction of sp³-hybridized carbons (Fsp3) is 0.111. The van der Waals surface area contributed by atoms with Gasteiger partial charge in [-0.05, 0) is 41.8 Å². The van der Waals surface area contributed by atoms with E-state index in [1.165, 1.54) is 5.56 Å². The minimum absolute atomic E-state index is 0.0481. The number of anilines is 1. The van der Waals surface area contributed by atoms with Crippen LogP contribution in [0.15, 0.2) is 67.0 Å². The van der Waals surface area contributed by atoms with Gasteiger partial charge in [0.1, 0.15) is 0 Å². The minimum atomic E-state index is 0.0481. The number of aromatic nitrogens is 1. The summed E-state index contributed by atoms with van der Waals surface area (Å²) in [6.45, 7) is 0. The van der Waals surface area contributed by atoms with E-state index in [1.807, 2.05) is 54.6 Å². The maximum atomic E-state index is 12.0. The molecule has 2 heterocycles. The van der Waals surface area contributed by atoms with Crippen LogP contribution in [0.2, 0.25) is 0 Å². The van der Waals surface area contributed by atoms with Crippen molar-refractivity contribution in [2.45, 2.75) is 12.8 Å². The Morgan fingerprint density at radius 2 is 1.77 bits per heavy atom. The second-order valence-electron chi connectivity index (χ2n) is 4.93. The summed E-state index contributed by atoms with van der Waals surface area (Å²) in [7, 11) is 0. The van der Waals surface area contributed by atoms with Crippen LogP contribution in [-0.4, -0.2) is 10.9 Å². The van der Waals surface area contributed by atoms with Crippen molar-refractivity contribution in [2.24, 2.45) is 0 Å². The lowest BCUT2D eigenvalue weighted by Crippen LogP contribution is -2.11. The van der Waals surface area contributed by atoms with Gasteiger partial charge in [-0.25, -0.2) is 0 Å². The average Bonchev–Trinajstić information content (AvgIpc) is 3.03. The number of pyridine rings is 1. The highest BCUT2D eigenvalue weighted by atomic mass is 32.1. The quantitative estimate of drug-likeness (QED) is 0.760. The Bertz CT molecular complexity index is 738. The van der Waals surface area contributed by atoms with E-state index in [9.17, 15) is 4.79 Å². The normalized spacial score (nSPS) is 10.4. The molecule has 0 fully saturated rings. The fourth-order valence-electron chi connectivity index (χ4n) is 2.18. The smallest absolute Gasteiger partial charge is 0.225 e. The zero-order chi connectivity index (χ0) is 15.2. The molecule has 0 saturated carbocycles. The number of aryl methyl sites for hydroxylation is 1. The molecule has 1 amide bonds. The van der Waals surface area contributed by atoms with Gasteiger partial charge in [-0.1, -0.05) is 30.3 Å². The van der Waals surface area contributed by atoms with Crippen LogP contribution >= 0.6 is 11.3 Å². The van der Waals surface area contributed by atoms with Crippen molar-refractivity contribution < 1.29 is 4.79 Å². The molecular formula is C18H16N2OS.